The van der Waals surface area contributed by atoms with Crippen LogP contribution in [0.2, 0.25) is 0 Å². The number of aliphatic imine (C=N–C) groups is 1. The molecular weight excluding hydrogens is 635 g/mol. The van der Waals surface area contributed by atoms with Crippen LogP contribution in [0.5, 0.6) is 17.4 Å². The predicted molar refractivity (Wildman–Crippen MR) is 185 cm³/mol. The number of nitrogens with zero attached hydrogens (tertiary/aromatic N) is 1. The third kappa shape index (κ3) is 8.88. The van der Waals surface area contributed by atoms with Gasteiger partial charge in [0.25, 0.3) is 0 Å². The summed E-state index contributed by atoms with van der Waals surface area (Å²) in [4.78, 5) is 7.94. The van der Waals surface area contributed by atoms with Crippen LogP contribution in [0.4, 0.5) is 0 Å². The summed E-state index contributed by atoms with van der Waals surface area (Å²) < 4.78 is 12.5. The molecule has 3 aromatic rings. The second-order valence-electron chi connectivity index (χ2n) is 11.3. The Labute approximate surface area is 266 Å². The van der Waals surface area contributed by atoms with Crippen molar-refractivity contribution in [3.05, 3.63) is 71.8 Å². The zero-order chi connectivity index (χ0) is 29.7. The Hall–Kier alpha value is -2.74. The van der Waals surface area contributed by atoms with Gasteiger partial charge in [-0.05, 0) is 66.9 Å². The third-order valence-corrected chi connectivity index (χ3v) is 8.82. The van der Waals surface area contributed by atoms with Gasteiger partial charge in [0, 0.05) is 15.1 Å². The van der Waals surface area contributed by atoms with Crippen LogP contribution in [0.1, 0.15) is 108 Å². The summed E-state index contributed by atoms with van der Waals surface area (Å²) in [5.74, 6) is 1.81. The van der Waals surface area contributed by atoms with E-state index in [9.17, 15) is 5.11 Å². The average Bonchev–Trinajstić information content (AvgIpc) is 3.53. The quantitative estimate of drug-likeness (QED) is 0.0751. The summed E-state index contributed by atoms with van der Waals surface area (Å²) in [5.41, 5.74) is 5.59. The lowest BCUT2D eigenvalue weighted by Gasteiger charge is -2.12. The number of unbranched alkanes of at least 4 members (excludes halogenated alkanes) is 9. The number of ether oxygens (including phenoxy) is 2. The number of benzene rings is 2. The first-order chi connectivity index (χ1) is 20.5. The van der Waals surface area contributed by atoms with E-state index in [1.807, 2.05) is 48.5 Å². The molecule has 1 aliphatic rings. The van der Waals surface area contributed by atoms with E-state index in [0.29, 0.717) is 21.8 Å². The number of rotatable bonds is 19. The van der Waals surface area contributed by atoms with Gasteiger partial charge in [0.2, 0.25) is 0 Å². The van der Waals surface area contributed by atoms with Crippen molar-refractivity contribution < 1.29 is 14.6 Å². The lowest BCUT2D eigenvalue weighted by atomic mass is 9.99. The Kier molecular flexibility index (Phi) is 12.9. The van der Waals surface area contributed by atoms with Crippen LogP contribution in [0.3, 0.4) is 0 Å². The second-order valence-corrected chi connectivity index (χ2v) is 13.0. The Morgan fingerprint density at radius 3 is 2.00 bits per heavy atom. The second kappa shape index (κ2) is 16.8. The maximum Gasteiger partial charge on any atom is 0.199 e. The molecule has 5 nitrogen and oxygen atoms in total. The fourth-order valence-corrected chi connectivity index (χ4v) is 6.04. The van der Waals surface area contributed by atoms with Gasteiger partial charge in [0.15, 0.2) is 5.88 Å². The van der Waals surface area contributed by atoms with E-state index in [0.717, 1.165) is 52.6 Å². The number of aromatic nitrogens is 1. The Morgan fingerprint density at radius 1 is 0.762 bits per heavy atom. The summed E-state index contributed by atoms with van der Waals surface area (Å²) in [6.45, 7) is 10.1. The Morgan fingerprint density at radius 2 is 1.33 bits per heavy atom. The first kappa shape index (κ1) is 32.2. The normalized spacial score (nSPS) is 13.2. The number of aromatic hydroxyl groups is 1. The molecule has 2 heterocycles. The maximum absolute atomic E-state index is 10.9. The number of alkyl halides is 1. The minimum absolute atomic E-state index is 0.104. The SMILES string of the molecule is C=C1N=C(c2ccc(OCC(I)CCCCCCC)cc2)c2c(O)[nH]c(-c3ccc(OCCCCCCCC)cc3)c21. The molecule has 0 spiro atoms. The highest BCUT2D eigenvalue weighted by atomic mass is 127. The molecule has 4 rings (SSSR count). The van der Waals surface area contributed by atoms with Crippen LogP contribution in [-0.2, 0) is 0 Å². The smallest absolute Gasteiger partial charge is 0.199 e. The van der Waals surface area contributed by atoms with Gasteiger partial charge in [0.1, 0.15) is 11.5 Å². The summed E-state index contributed by atoms with van der Waals surface area (Å²) in [5, 5.41) is 10.9. The van der Waals surface area contributed by atoms with Crippen molar-refractivity contribution in [2.45, 2.75) is 94.8 Å². The van der Waals surface area contributed by atoms with Gasteiger partial charge in [-0.1, -0.05) is 107 Å². The van der Waals surface area contributed by atoms with Gasteiger partial charge in [-0.15, -0.1) is 0 Å². The van der Waals surface area contributed by atoms with Crippen molar-refractivity contribution in [3.8, 4) is 28.6 Å². The number of halogens is 1. The van der Waals surface area contributed by atoms with Crippen LogP contribution in [0, 0.1) is 0 Å². The molecule has 1 aliphatic heterocycles. The molecule has 0 radical (unpaired) electrons. The fraction of sp³-hybridized carbons (Fsp3) is 0.472. The van der Waals surface area contributed by atoms with Gasteiger partial charge < -0.3 is 19.6 Å². The molecule has 2 N–H and O–H groups in total. The van der Waals surface area contributed by atoms with E-state index in [2.05, 4.69) is 48.0 Å². The molecule has 0 fully saturated rings. The van der Waals surface area contributed by atoms with Crippen LogP contribution < -0.4 is 9.47 Å². The summed E-state index contributed by atoms with van der Waals surface area (Å²) >= 11 is 2.50. The lowest BCUT2D eigenvalue weighted by Crippen LogP contribution is -2.11. The van der Waals surface area contributed by atoms with Crippen LogP contribution >= 0.6 is 22.6 Å². The van der Waals surface area contributed by atoms with Gasteiger partial charge >= 0.3 is 0 Å². The monoisotopic (exact) mass is 682 g/mol. The molecule has 42 heavy (non-hydrogen) atoms. The van der Waals surface area contributed by atoms with Crippen LogP contribution in [0.15, 0.2) is 60.1 Å². The van der Waals surface area contributed by atoms with E-state index in [1.165, 1.54) is 70.6 Å². The van der Waals surface area contributed by atoms with Crippen molar-refractivity contribution in [2.24, 2.45) is 4.99 Å². The minimum atomic E-state index is 0.104. The average molecular weight is 683 g/mol. The van der Waals surface area contributed by atoms with E-state index in [-0.39, 0.29) is 5.88 Å². The minimum Gasteiger partial charge on any atom is -0.494 e. The standard InChI is InChI=1S/C36H47IN2O3/c1-4-6-8-10-12-14-24-41-30-20-16-27(17-21-30)34-32-26(3)38-35(33(32)36(40)39-34)28-18-22-31(23-19-28)42-25-29(37)15-13-11-9-7-5-2/h16-23,29,39-40H,3-15,24-25H2,1-2H3. The van der Waals surface area contributed by atoms with Crippen LogP contribution in [-0.4, -0.2) is 32.9 Å². The van der Waals surface area contributed by atoms with E-state index < -0.39 is 0 Å². The predicted octanol–water partition coefficient (Wildman–Crippen LogP) is 10.5. The number of fused-ring (bicyclic) bond motifs is 1. The van der Waals surface area contributed by atoms with Crippen molar-refractivity contribution >= 4 is 34.0 Å². The number of nitrogens with one attached hydrogen (secondary N) is 1. The van der Waals surface area contributed by atoms with Crippen molar-refractivity contribution in [1.82, 2.24) is 4.98 Å². The fourth-order valence-electron chi connectivity index (χ4n) is 5.42. The molecule has 0 saturated heterocycles. The molecule has 1 unspecified atom stereocenters. The molecule has 1 atom stereocenters. The Bertz CT molecular complexity index is 1290. The van der Waals surface area contributed by atoms with E-state index in [1.54, 1.807) is 0 Å². The highest BCUT2D eigenvalue weighted by Crippen LogP contribution is 2.42. The van der Waals surface area contributed by atoms with Crippen molar-refractivity contribution in [1.29, 1.82) is 0 Å². The molecule has 226 valence electrons. The summed E-state index contributed by atoms with van der Waals surface area (Å²) in [6, 6.07) is 16.0. The maximum atomic E-state index is 10.9. The largest absolute Gasteiger partial charge is 0.494 e. The third-order valence-electron chi connectivity index (χ3n) is 7.84. The molecular formula is C36H47IN2O3. The molecule has 0 aliphatic carbocycles. The molecule has 0 saturated carbocycles. The van der Waals surface area contributed by atoms with Crippen molar-refractivity contribution in [3.63, 3.8) is 0 Å². The van der Waals surface area contributed by atoms with Gasteiger partial charge in [0.05, 0.1) is 35.9 Å². The molecule has 2 aromatic carbocycles. The zero-order valence-electron chi connectivity index (χ0n) is 25.4. The zero-order valence-corrected chi connectivity index (χ0v) is 27.5. The van der Waals surface area contributed by atoms with E-state index in [4.69, 9.17) is 14.5 Å². The van der Waals surface area contributed by atoms with Gasteiger partial charge in [-0.25, -0.2) is 4.99 Å². The topological polar surface area (TPSA) is 66.8 Å². The highest BCUT2D eigenvalue weighted by Gasteiger charge is 2.30. The summed E-state index contributed by atoms with van der Waals surface area (Å²) in [7, 11) is 0. The molecule has 6 heteroatoms. The number of aromatic amines is 1. The number of H-pyrrole nitrogens is 1. The van der Waals surface area contributed by atoms with Crippen LogP contribution in [0.25, 0.3) is 17.0 Å². The summed E-state index contributed by atoms with van der Waals surface area (Å²) in [6.07, 6.45) is 15.2. The van der Waals surface area contributed by atoms with Crippen molar-refractivity contribution in [2.75, 3.05) is 13.2 Å². The number of hydrogen-bond donors (Lipinski definition) is 2. The first-order valence-corrected chi connectivity index (χ1v) is 17.1. The van der Waals surface area contributed by atoms with Gasteiger partial charge in [-0.2, -0.15) is 0 Å². The molecule has 0 bridgehead atoms. The first-order valence-electron chi connectivity index (χ1n) is 15.9. The van der Waals surface area contributed by atoms with E-state index >= 15 is 0 Å². The molecule has 0 amide bonds. The van der Waals surface area contributed by atoms with Gasteiger partial charge in [-0.3, -0.25) is 0 Å². The lowest BCUT2D eigenvalue weighted by molar-refractivity contribution is 0.304. The molecule has 1 aromatic heterocycles. The number of hydrogen-bond acceptors (Lipinski definition) is 4. The Balaban J connectivity index is 1.33. The highest BCUT2D eigenvalue weighted by molar-refractivity contribution is 14.1.